The highest BCUT2D eigenvalue weighted by Crippen LogP contribution is 2.10. The first-order valence-electron chi connectivity index (χ1n) is 3.59. The maximum absolute atomic E-state index is 11.0. The van der Waals surface area contributed by atoms with Crippen molar-refractivity contribution in [1.29, 1.82) is 0 Å². The third-order valence-corrected chi connectivity index (χ3v) is 4.18. The Morgan fingerprint density at radius 2 is 2.25 bits per heavy atom. The second-order valence-corrected chi connectivity index (χ2v) is 5.79. The van der Waals surface area contributed by atoms with E-state index in [-0.39, 0.29) is 23.5 Å². The van der Waals surface area contributed by atoms with E-state index in [1.165, 1.54) is 0 Å². The third kappa shape index (κ3) is 2.89. The minimum absolute atomic E-state index is 0.0855. The summed E-state index contributed by atoms with van der Waals surface area (Å²) >= 11 is 1.95. The number of rotatable bonds is 2. The summed E-state index contributed by atoms with van der Waals surface area (Å²) in [5.41, 5.74) is 0. The quantitative estimate of drug-likeness (QED) is 0.564. The Hall–Kier alpha value is 0.150. The van der Waals surface area contributed by atoms with Gasteiger partial charge < -0.3 is 5.32 Å². The molecule has 0 aromatic heterocycles. The summed E-state index contributed by atoms with van der Waals surface area (Å²) in [7, 11) is -2.87. The first-order chi connectivity index (χ1) is 5.53. The van der Waals surface area contributed by atoms with Gasteiger partial charge in [0.2, 0.25) is 5.91 Å². The fraction of sp³-hybridized carbons (Fsp3) is 0.833. The molecule has 1 saturated heterocycles. The van der Waals surface area contributed by atoms with E-state index >= 15 is 0 Å². The fourth-order valence-electron chi connectivity index (χ4n) is 1.18. The normalized spacial score (nSPS) is 26.9. The molecule has 6 heteroatoms. The molecule has 12 heavy (non-hydrogen) atoms. The molecule has 1 rings (SSSR count). The fourth-order valence-corrected chi connectivity index (χ4v) is 3.07. The molecule has 0 saturated carbocycles. The highest BCUT2D eigenvalue weighted by molar-refractivity contribution is 14.1. The number of hydrogen-bond acceptors (Lipinski definition) is 3. The Labute approximate surface area is 85.2 Å². The lowest BCUT2D eigenvalue weighted by Gasteiger charge is -2.08. The van der Waals surface area contributed by atoms with Crippen molar-refractivity contribution in [2.24, 2.45) is 0 Å². The standard InChI is InChI=1S/C6H10INO3S/c7-3-6(9)8-5-1-2-12(10,11)4-5/h5H,1-4H2,(H,8,9). The summed E-state index contributed by atoms with van der Waals surface area (Å²) in [4.78, 5) is 10.9. The third-order valence-electron chi connectivity index (χ3n) is 1.72. The lowest BCUT2D eigenvalue weighted by atomic mass is 10.3. The molecule has 70 valence electrons. The van der Waals surface area contributed by atoms with Crippen LogP contribution in [0.15, 0.2) is 0 Å². The molecule has 0 aliphatic carbocycles. The molecule has 1 atom stereocenters. The second kappa shape index (κ2) is 3.91. The highest BCUT2D eigenvalue weighted by Gasteiger charge is 2.28. The van der Waals surface area contributed by atoms with Crippen LogP contribution in [-0.2, 0) is 14.6 Å². The van der Waals surface area contributed by atoms with Crippen LogP contribution in [0.3, 0.4) is 0 Å². The molecule has 1 aliphatic rings. The number of hydrogen-bond donors (Lipinski definition) is 1. The molecule has 0 aromatic carbocycles. The smallest absolute Gasteiger partial charge is 0.230 e. The highest BCUT2D eigenvalue weighted by atomic mass is 127. The number of carbonyl (C=O) groups excluding carboxylic acids is 1. The first-order valence-corrected chi connectivity index (χ1v) is 6.94. The predicted molar refractivity (Wildman–Crippen MR) is 54.1 cm³/mol. The van der Waals surface area contributed by atoms with E-state index in [4.69, 9.17) is 0 Å². The van der Waals surface area contributed by atoms with Gasteiger partial charge in [0.05, 0.1) is 15.9 Å². The van der Waals surface area contributed by atoms with Crippen molar-refractivity contribution >= 4 is 38.3 Å². The molecular weight excluding hydrogens is 293 g/mol. The number of sulfone groups is 1. The maximum atomic E-state index is 11.0. The molecular formula is C6H10INO3S. The van der Waals surface area contributed by atoms with Crippen LogP contribution in [0.1, 0.15) is 6.42 Å². The van der Waals surface area contributed by atoms with Crippen LogP contribution in [0.5, 0.6) is 0 Å². The molecule has 4 nitrogen and oxygen atoms in total. The molecule has 1 heterocycles. The van der Waals surface area contributed by atoms with Crippen LogP contribution in [0.4, 0.5) is 0 Å². The van der Waals surface area contributed by atoms with Crippen molar-refractivity contribution in [2.45, 2.75) is 12.5 Å². The summed E-state index contributed by atoms with van der Waals surface area (Å²) in [6.07, 6.45) is 0.560. The molecule has 0 radical (unpaired) electrons. The minimum atomic E-state index is -2.87. The van der Waals surface area contributed by atoms with E-state index in [1.807, 2.05) is 22.6 Å². The van der Waals surface area contributed by atoms with Crippen LogP contribution < -0.4 is 5.32 Å². The van der Waals surface area contributed by atoms with Gasteiger partial charge in [0.1, 0.15) is 0 Å². The van der Waals surface area contributed by atoms with Crippen LogP contribution >= 0.6 is 22.6 Å². The molecule has 1 N–H and O–H groups in total. The lowest BCUT2D eigenvalue weighted by molar-refractivity contribution is -0.118. The van der Waals surface area contributed by atoms with Gasteiger partial charge in [-0.15, -0.1) is 0 Å². The van der Waals surface area contributed by atoms with Crippen LogP contribution in [0, 0.1) is 0 Å². The van der Waals surface area contributed by atoms with Crippen LogP contribution in [0.25, 0.3) is 0 Å². The summed E-state index contributed by atoms with van der Waals surface area (Å²) in [6.45, 7) is 0. The van der Waals surface area contributed by atoms with Gasteiger partial charge in [0, 0.05) is 6.04 Å². The van der Waals surface area contributed by atoms with E-state index in [2.05, 4.69) is 5.32 Å². The Morgan fingerprint density at radius 3 is 2.67 bits per heavy atom. The molecule has 0 aromatic rings. The zero-order chi connectivity index (χ0) is 9.19. The monoisotopic (exact) mass is 303 g/mol. The first kappa shape index (κ1) is 10.2. The molecule has 0 spiro atoms. The summed E-state index contributed by atoms with van der Waals surface area (Å²) in [6, 6.07) is -0.155. The average molecular weight is 303 g/mol. The Kier molecular flexibility index (Phi) is 3.33. The van der Waals surface area contributed by atoms with E-state index in [9.17, 15) is 13.2 Å². The van der Waals surface area contributed by atoms with Gasteiger partial charge in [-0.05, 0) is 6.42 Å². The van der Waals surface area contributed by atoms with E-state index in [0.717, 1.165) is 0 Å². The minimum Gasteiger partial charge on any atom is -0.352 e. The van der Waals surface area contributed by atoms with E-state index < -0.39 is 9.84 Å². The zero-order valence-electron chi connectivity index (χ0n) is 6.42. The molecule has 1 unspecified atom stereocenters. The van der Waals surface area contributed by atoms with E-state index in [0.29, 0.717) is 10.8 Å². The SMILES string of the molecule is O=C(CI)NC1CCS(=O)(=O)C1. The summed E-state index contributed by atoms with van der Waals surface area (Å²) < 4.78 is 22.3. The van der Waals surface area contributed by atoms with Crippen molar-refractivity contribution in [2.75, 3.05) is 15.9 Å². The van der Waals surface area contributed by atoms with Crippen molar-refractivity contribution in [3.05, 3.63) is 0 Å². The number of alkyl halides is 1. The second-order valence-electron chi connectivity index (χ2n) is 2.80. The van der Waals surface area contributed by atoms with Gasteiger partial charge in [0.25, 0.3) is 0 Å². The molecule has 1 aliphatic heterocycles. The van der Waals surface area contributed by atoms with Crippen LogP contribution in [0.2, 0.25) is 0 Å². The van der Waals surface area contributed by atoms with Crippen molar-refractivity contribution in [3.8, 4) is 0 Å². The number of halogens is 1. The lowest BCUT2D eigenvalue weighted by Crippen LogP contribution is -2.36. The van der Waals surface area contributed by atoms with Crippen molar-refractivity contribution < 1.29 is 13.2 Å². The van der Waals surface area contributed by atoms with Gasteiger partial charge in [-0.1, -0.05) is 22.6 Å². The number of nitrogens with one attached hydrogen (secondary N) is 1. The maximum Gasteiger partial charge on any atom is 0.230 e. The largest absolute Gasteiger partial charge is 0.352 e. The van der Waals surface area contributed by atoms with Crippen molar-refractivity contribution in [1.82, 2.24) is 5.32 Å². The van der Waals surface area contributed by atoms with Gasteiger partial charge in [0.15, 0.2) is 9.84 Å². The zero-order valence-corrected chi connectivity index (χ0v) is 9.39. The molecule has 1 amide bonds. The summed E-state index contributed by atoms with van der Waals surface area (Å²) in [5, 5.41) is 2.66. The Bertz CT molecular complexity index is 275. The van der Waals surface area contributed by atoms with Gasteiger partial charge >= 0.3 is 0 Å². The van der Waals surface area contributed by atoms with Crippen LogP contribution in [-0.4, -0.2) is 36.3 Å². The van der Waals surface area contributed by atoms with Gasteiger partial charge in [-0.25, -0.2) is 8.42 Å². The van der Waals surface area contributed by atoms with E-state index in [1.54, 1.807) is 0 Å². The molecule has 0 bridgehead atoms. The number of amides is 1. The van der Waals surface area contributed by atoms with Gasteiger partial charge in [-0.3, -0.25) is 4.79 Å². The van der Waals surface area contributed by atoms with Crippen molar-refractivity contribution in [3.63, 3.8) is 0 Å². The number of carbonyl (C=O) groups is 1. The summed E-state index contributed by atoms with van der Waals surface area (Å²) in [5.74, 6) is 0.229. The van der Waals surface area contributed by atoms with Gasteiger partial charge in [-0.2, -0.15) is 0 Å². The Balaban J connectivity index is 2.43. The molecule has 1 fully saturated rings. The Morgan fingerprint density at radius 1 is 1.58 bits per heavy atom. The topological polar surface area (TPSA) is 63.2 Å². The predicted octanol–water partition coefficient (Wildman–Crippen LogP) is -0.275. The average Bonchev–Trinajstić information content (AvgIpc) is 2.30.